The third-order valence-corrected chi connectivity index (χ3v) is 4.71. The minimum atomic E-state index is 0.318. The number of aliphatic hydroxyl groups is 1. The normalized spacial score (nSPS) is 34.1. The van der Waals surface area contributed by atoms with Crippen LogP contribution in [0.2, 0.25) is 0 Å². The second-order valence-corrected chi connectivity index (χ2v) is 5.51. The van der Waals surface area contributed by atoms with Gasteiger partial charge in [-0.2, -0.15) is 0 Å². The van der Waals surface area contributed by atoms with E-state index in [1.807, 2.05) is 0 Å². The molecular formula is C15H21NO. The van der Waals surface area contributed by atoms with Crippen molar-refractivity contribution in [2.45, 2.75) is 44.3 Å². The summed E-state index contributed by atoms with van der Waals surface area (Å²) in [6.45, 7) is 2.59. The van der Waals surface area contributed by atoms with E-state index in [0.717, 1.165) is 5.92 Å². The van der Waals surface area contributed by atoms with Crippen LogP contribution in [0.1, 0.15) is 37.8 Å². The Balaban J connectivity index is 1.84. The fourth-order valence-corrected chi connectivity index (χ4v) is 3.88. The van der Waals surface area contributed by atoms with Crippen molar-refractivity contribution >= 4 is 0 Å². The summed E-state index contributed by atoms with van der Waals surface area (Å²) in [5, 5.41) is 9.61. The van der Waals surface area contributed by atoms with Crippen LogP contribution < -0.4 is 0 Å². The first kappa shape index (κ1) is 11.2. The molecule has 1 aliphatic heterocycles. The molecule has 2 fully saturated rings. The summed E-state index contributed by atoms with van der Waals surface area (Å²) in [6, 6.07) is 12.2. The molecule has 2 bridgehead atoms. The lowest BCUT2D eigenvalue weighted by atomic mass is 9.96. The molecule has 2 nitrogen and oxygen atoms in total. The van der Waals surface area contributed by atoms with E-state index >= 15 is 0 Å². The van der Waals surface area contributed by atoms with Crippen LogP contribution in [0.15, 0.2) is 30.3 Å². The number of likely N-dealkylation sites (tertiary alicyclic amines) is 1. The summed E-state index contributed by atoms with van der Waals surface area (Å²) in [4.78, 5) is 2.56. The highest BCUT2D eigenvalue weighted by Crippen LogP contribution is 2.46. The number of hydrogen-bond donors (Lipinski definition) is 1. The fraction of sp³-hybridized carbons (Fsp3) is 0.600. The molecule has 92 valence electrons. The third-order valence-electron chi connectivity index (χ3n) is 4.71. The molecule has 2 heteroatoms. The Bertz CT molecular complexity index is 378. The van der Waals surface area contributed by atoms with Crippen molar-refractivity contribution in [1.29, 1.82) is 0 Å². The topological polar surface area (TPSA) is 23.5 Å². The molecule has 1 aromatic carbocycles. The molecule has 1 aromatic rings. The van der Waals surface area contributed by atoms with Crippen molar-refractivity contribution < 1.29 is 5.11 Å². The first-order valence-corrected chi connectivity index (χ1v) is 6.74. The smallest absolute Gasteiger partial charge is 0.0589 e. The first-order valence-electron chi connectivity index (χ1n) is 6.74. The Morgan fingerprint density at radius 3 is 2.76 bits per heavy atom. The van der Waals surface area contributed by atoms with Crippen molar-refractivity contribution in [2.75, 3.05) is 6.61 Å². The van der Waals surface area contributed by atoms with E-state index < -0.39 is 0 Å². The van der Waals surface area contributed by atoms with Crippen molar-refractivity contribution in [3.05, 3.63) is 35.9 Å². The maximum absolute atomic E-state index is 9.61. The molecule has 1 saturated heterocycles. The molecule has 0 aromatic heterocycles. The van der Waals surface area contributed by atoms with Gasteiger partial charge in [0.2, 0.25) is 0 Å². The number of nitrogens with zero attached hydrogens (tertiary/aromatic N) is 1. The zero-order valence-electron chi connectivity index (χ0n) is 10.4. The molecule has 0 unspecified atom stereocenters. The average Bonchev–Trinajstić information content (AvgIpc) is 2.98. The van der Waals surface area contributed by atoms with Crippen molar-refractivity contribution in [3.63, 3.8) is 0 Å². The van der Waals surface area contributed by atoms with Crippen LogP contribution >= 0.6 is 0 Å². The van der Waals surface area contributed by atoms with Gasteiger partial charge in [0.25, 0.3) is 0 Å². The predicted octanol–water partition coefficient (Wildman–Crippen LogP) is 2.59. The Kier molecular flexibility index (Phi) is 2.93. The number of piperidine rings is 1. The summed E-state index contributed by atoms with van der Waals surface area (Å²) in [5.74, 6) is 0.733. The van der Waals surface area contributed by atoms with Gasteiger partial charge in [-0.3, -0.25) is 4.90 Å². The summed E-state index contributed by atoms with van der Waals surface area (Å²) < 4.78 is 0. The first-order chi connectivity index (χ1) is 8.31. The van der Waals surface area contributed by atoms with Gasteiger partial charge in [-0.1, -0.05) is 30.3 Å². The highest BCUT2D eigenvalue weighted by Gasteiger charge is 2.47. The van der Waals surface area contributed by atoms with Gasteiger partial charge in [-0.25, -0.2) is 0 Å². The average molecular weight is 231 g/mol. The zero-order valence-corrected chi connectivity index (χ0v) is 10.4. The number of hydrogen-bond acceptors (Lipinski definition) is 2. The third kappa shape index (κ3) is 1.80. The molecule has 0 amide bonds. The van der Waals surface area contributed by atoms with Gasteiger partial charge < -0.3 is 5.11 Å². The molecule has 0 radical (unpaired) electrons. The van der Waals surface area contributed by atoms with Gasteiger partial charge >= 0.3 is 0 Å². The lowest BCUT2D eigenvalue weighted by Crippen LogP contribution is -2.44. The van der Waals surface area contributed by atoms with Crippen molar-refractivity contribution in [3.8, 4) is 0 Å². The van der Waals surface area contributed by atoms with E-state index in [-0.39, 0.29) is 0 Å². The summed E-state index contributed by atoms with van der Waals surface area (Å²) in [7, 11) is 0. The number of aliphatic hydroxyl groups excluding tert-OH is 1. The maximum Gasteiger partial charge on any atom is 0.0589 e. The highest BCUT2D eigenvalue weighted by atomic mass is 16.3. The monoisotopic (exact) mass is 231 g/mol. The molecule has 3 rings (SSSR count). The van der Waals surface area contributed by atoms with Gasteiger partial charge in [0, 0.05) is 18.1 Å². The molecule has 1 heterocycles. The second kappa shape index (κ2) is 4.43. The Morgan fingerprint density at radius 2 is 2.06 bits per heavy atom. The van der Waals surface area contributed by atoms with Gasteiger partial charge in [0.1, 0.15) is 0 Å². The lowest BCUT2D eigenvalue weighted by molar-refractivity contribution is 0.0525. The van der Waals surface area contributed by atoms with E-state index in [1.165, 1.54) is 24.8 Å². The lowest BCUT2D eigenvalue weighted by Gasteiger charge is -2.39. The number of rotatable bonds is 3. The molecule has 17 heavy (non-hydrogen) atoms. The van der Waals surface area contributed by atoms with Gasteiger partial charge in [-0.15, -0.1) is 0 Å². The Labute approximate surface area is 103 Å². The second-order valence-electron chi connectivity index (χ2n) is 5.51. The molecule has 1 saturated carbocycles. The van der Waals surface area contributed by atoms with Crippen LogP contribution in [0.4, 0.5) is 0 Å². The van der Waals surface area contributed by atoms with E-state index in [0.29, 0.717) is 24.7 Å². The Hall–Kier alpha value is -0.860. The summed E-state index contributed by atoms with van der Waals surface area (Å²) in [5.41, 5.74) is 1.37. The molecule has 1 aliphatic carbocycles. The van der Waals surface area contributed by atoms with Crippen LogP contribution in [-0.4, -0.2) is 28.7 Å². The minimum absolute atomic E-state index is 0.318. The van der Waals surface area contributed by atoms with Gasteiger partial charge in [0.15, 0.2) is 0 Å². The van der Waals surface area contributed by atoms with E-state index in [2.05, 4.69) is 42.2 Å². The van der Waals surface area contributed by atoms with Gasteiger partial charge in [-0.05, 0) is 37.7 Å². The summed E-state index contributed by atoms with van der Waals surface area (Å²) >= 11 is 0. The maximum atomic E-state index is 9.61. The van der Waals surface area contributed by atoms with Crippen molar-refractivity contribution in [2.24, 2.45) is 5.92 Å². The SMILES string of the molecule is C[C@H](c1ccccc1)N1[C@@H]2CC[C@@H](C2)[C@H]1CO. The molecule has 1 N–H and O–H groups in total. The predicted molar refractivity (Wildman–Crippen MR) is 68.7 cm³/mol. The molecule has 0 spiro atoms. The largest absolute Gasteiger partial charge is 0.395 e. The van der Waals surface area contributed by atoms with Crippen LogP contribution in [0.3, 0.4) is 0 Å². The van der Waals surface area contributed by atoms with E-state index in [1.54, 1.807) is 0 Å². The molecule has 4 atom stereocenters. The van der Waals surface area contributed by atoms with Crippen molar-refractivity contribution in [1.82, 2.24) is 4.90 Å². The highest BCUT2D eigenvalue weighted by molar-refractivity contribution is 5.20. The van der Waals surface area contributed by atoms with Crippen LogP contribution in [0.5, 0.6) is 0 Å². The van der Waals surface area contributed by atoms with Crippen LogP contribution in [-0.2, 0) is 0 Å². The fourth-order valence-electron chi connectivity index (χ4n) is 3.88. The van der Waals surface area contributed by atoms with Crippen LogP contribution in [0, 0.1) is 5.92 Å². The zero-order chi connectivity index (χ0) is 11.8. The standard InChI is InChI=1S/C15H21NO/c1-11(12-5-3-2-4-6-12)16-14-8-7-13(9-14)15(16)10-17/h2-6,11,13-15,17H,7-10H2,1H3/t11-,13+,14-,15-/m1/s1. The summed E-state index contributed by atoms with van der Waals surface area (Å²) in [6.07, 6.45) is 3.93. The van der Waals surface area contributed by atoms with Gasteiger partial charge in [0.05, 0.1) is 6.61 Å². The number of fused-ring (bicyclic) bond motifs is 2. The molecule has 2 aliphatic rings. The minimum Gasteiger partial charge on any atom is -0.395 e. The Morgan fingerprint density at radius 1 is 1.29 bits per heavy atom. The van der Waals surface area contributed by atoms with Crippen LogP contribution in [0.25, 0.3) is 0 Å². The van der Waals surface area contributed by atoms with E-state index in [4.69, 9.17) is 0 Å². The molecular weight excluding hydrogens is 210 g/mol. The van der Waals surface area contributed by atoms with E-state index in [9.17, 15) is 5.11 Å². The number of benzene rings is 1. The quantitative estimate of drug-likeness (QED) is 0.864.